The maximum atomic E-state index is 11.0. The summed E-state index contributed by atoms with van der Waals surface area (Å²) in [5.74, 6) is -1.25. The maximum Gasteiger partial charge on any atom is 0.328 e. The molecule has 0 aromatic rings. The molecule has 6 nitrogen and oxygen atoms in total. The molecule has 0 heterocycles. The molecule has 0 unspecified atom stereocenters. The van der Waals surface area contributed by atoms with Crippen LogP contribution in [0.3, 0.4) is 0 Å². The van der Waals surface area contributed by atoms with E-state index in [1.54, 1.807) is 0 Å². The lowest BCUT2D eigenvalue weighted by Crippen LogP contribution is -2.48. The van der Waals surface area contributed by atoms with Crippen LogP contribution in [-0.2, 0) is 4.79 Å². The molecule has 0 spiro atoms. The van der Waals surface area contributed by atoms with E-state index >= 15 is 0 Å². The van der Waals surface area contributed by atoms with E-state index in [1.165, 1.54) is 0 Å². The number of carboxylic acids is 1. The van der Waals surface area contributed by atoms with Crippen LogP contribution in [0.15, 0.2) is 0 Å². The van der Waals surface area contributed by atoms with Crippen molar-refractivity contribution in [2.45, 2.75) is 25.8 Å². The highest BCUT2D eigenvalue weighted by atomic mass is 16.4. The zero-order valence-electron chi connectivity index (χ0n) is 8.12. The summed E-state index contributed by atoms with van der Waals surface area (Å²) in [6.07, 6.45) is 1.78. The van der Waals surface area contributed by atoms with Crippen molar-refractivity contribution < 1.29 is 19.8 Å². The van der Waals surface area contributed by atoms with Crippen LogP contribution in [-0.4, -0.2) is 41.4 Å². The van der Waals surface area contributed by atoms with Crippen LogP contribution in [0.25, 0.3) is 0 Å². The van der Waals surface area contributed by atoms with Gasteiger partial charge < -0.3 is 20.8 Å². The topological polar surface area (TPSA) is 98.7 Å². The smallest absolute Gasteiger partial charge is 0.328 e. The molecule has 0 saturated carbocycles. The van der Waals surface area contributed by atoms with Crippen molar-refractivity contribution in [1.29, 1.82) is 0 Å². The Morgan fingerprint density at radius 3 is 2.50 bits per heavy atom. The molecule has 0 aliphatic carbocycles. The van der Waals surface area contributed by atoms with Gasteiger partial charge in [-0.25, -0.2) is 9.59 Å². The van der Waals surface area contributed by atoms with Gasteiger partial charge in [0.15, 0.2) is 6.04 Å². The molecule has 0 radical (unpaired) electrons. The summed E-state index contributed by atoms with van der Waals surface area (Å²) in [6, 6.07) is -1.81. The minimum Gasteiger partial charge on any atom is -0.480 e. The Morgan fingerprint density at radius 2 is 2.07 bits per heavy atom. The normalized spacial score (nSPS) is 11.9. The number of rotatable bonds is 6. The number of amides is 2. The first-order valence-electron chi connectivity index (χ1n) is 4.49. The number of aliphatic carboxylic acids is 1. The molecule has 0 aliphatic rings. The van der Waals surface area contributed by atoms with Gasteiger partial charge in [-0.15, -0.1) is 0 Å². The zero-order chi connectivity index (χ0) is 11.0. The first-order valence-corrected chi connectivity index (χ1v) is 4.49. The van der Waals surface area contributed by atoms with Gasteiger partial charge in [-0.2, -0.15) is 0 Å². The van der Waals surface area contributed by atoms with Crippen LogP contribution < -0.4 is 10.6 Å². The molecule has 0 aliphatic heterocycles. The van der Waals surface area contributed by atoms with E-state index in [1.807, 2.05) is 6.92 Å². The summed E-state index contributed by atoms with van der Waals surface area (Å²) in [5.41, 5.74) is 0. The van der Waals surface area contributed by atoms with E-state index in [2.05, 4.69) is 10.6 Å². The van der Waals surface area contributed by atoms with E-state index in [9.17, 15) is 9.59 Å². The Bertz CT molecular complexity index is 196. The molecule has 0 saturated heterocycles. The van der Waals surface area contributed by atoms with Gasteiger partial charge in [0.05, 0.1) is 6.61 Å². The van der Waals surface area contributed by atoms with Crippen LogP contribution in [0.1, 0.15) is 19.8 Å². The molecule has 4 N–H and O–H groups in total. The lowest BCUT2D eigenvalue weighted by Gasteiger charge is -2.12. The molecule has 1 atom stereocenters. The van der Waals surface area contributed by atoms with Gasteiger partial charge in [0, 0.05) is 6.54 Å². The number of hydrogen-bond donors (Lipinski definition) is 4. The Balaban J connectivity index is 3.74. The maximum absolute atomic E-state index is 11.0. The molecule has 0 aromatic heterocycles. The third-order valence-electron chi connectivity index (χ3n) is 1.60. The number of aliphatic hydroxyl groups excluding tert-OH is 1. The molecule has 0 fully saturated rings. The number of carbonyl (C=O) groups excluding carboxylic acids is 1. The molecular formula is C8H16N2O4. The molecule has 0 rings (SSSR count). The van der Waals surface area contributed by atoms with Gasteiger partial charge in [-0.3, -0.25) is 0 Å². The second-order valence-electron chi connectivity index (χ2n) is 2.83. The van der Waals surface area contributed by atoms with Crippen molar-refractivity contribution >= 4 is 12.0 Å². The molecule has 82 valence electrons. The third kappa shape index (κ3) is 5.36. The Labute approximate surface area is 82.3 Å². The van der Waals surface area contributed by atoms with Crippen molar-refractivity contribution in [3.8, 4) is 0 Å². The lowest BCUT2D eigenvalue weighted by molar-refractivity contribution is -0.140. The van der Waals surface area contributed by atoms with Crippen molar-refractivity contribution in [3.63, 3.8) is 0 Å². The van der Waals surface area contributed by atoms with Crippen LogP contribution in [0.4, 0.5) is 4.79 Å². The summed E-state index contributed by atoms with van der Waals surface area (Å²) in [5, 5.41) is 21.7. The monoisotopic (exact) mass is 204 g/mol. The number of nitrogens with one attached hydrogen (secondary N) is 2. The van der Waals surface area contributed by atoms with Gasteiger partial charge in [-0.05, 0) is 6.42 Å². The molecule has 6 heteroatoms. The van der Waals surface area contributed by atoms with Crippen molar-refractivity contribution in [3.05, 3.63) is 0 Å². The number of carbonyl (C=O) groups is 2. The number of hydrogen-bond acceptors (Lipinski definition) is 3. The largest absolute Gasteiger partial charge is 0.480 e. The number of unbranched alkanes of at least 4 members (excludes halogenated alkanes) is 1. The standard InChI is InChI=1S/C8H16N2O4/c1-2-3-4-9-8(14)10-6(5-11)7(12)13/h6,11H,2-5H2,1H3,(H,12,13)(H2,9,10,14)/t6-/m0/s1. The Morgan fingerprint density at radius 1 is 1.43 bits per heavy atom. The molecule has 2 amide bonds. The lowest BCUT2D eigenvalue weighted by atomic mass is 10.3. The highest BCUT2D eigenvalue weighted by Gasteiger charge is 2.17. The predicted octanol–water partition coefficient (Wildman–Crippen LogP) is -0.469. The number of aliphatic hydroxyl groups is 1. The number of carboxylic acid groups (broad SMARTS) is 1. The van der Waals surface area contributed by atoms with Gasteiger partial charge >= 0.3 is 12.0 Å². The molecule has 0 aromatic carbocycles. The quantitative estimate of drug-likeness (QED) is 0.439. The fourth-order valence-corrected chi connectivity index (χ4v) is 0.773. The van der Waals surface area contributed by atoms with Gasteiger partial charge in [0.2, 0.25) is 0 Å². The molecule has 14 heavy (non-hydrogen) atoms. The van der Waals surface area contributed by atoms with Gasteiger partial charge in [-0.1, -0.05) is 13.3 Å². The molecule has 0 bridgehead atoms. The summed E-state index contributed by atoms with van der Waals surface area (Å²) >= 11 is 0. The number of urea groups is 1. The second-order valence-corrected chi connectivity index (χ2v) is 2.83. The fraction of sp³-hybridized carbons (Fsp3) is 0.750. The van der Waals surface area contributed by atoms with Crippen molar-refractivity contribution in [2.75, 3.05) is 13.2 Å². The first-order chi connectivity index (χ1) is 6.61. The summed E-state index contributed by atoms with van der Waals surface area (Å²) in [7, 11) is 0. The van der Waals surface area contributed by atoms with Crippen molar-refractivity contribution in [2.24, 2.45) is 0 Å². The van der Waals surface area contributed by atoms with Crippen LogP contribution in [0.2, 0.25) is 0 Å². The van der Waals surface area contributed by atoms with E-state index in [0.717, 1.165) is 12.8 Å². The summed E-state index contributed by atoms with van der Waals surface area (Å²) < 4.78 is 0. The SMILES string of the molecule is CCCCNC(=O)N[C@@H](CO)C(=O)O. The van der Waals surface area contributed by atoms with Gasteiger partial charge in [0.1, 0.15) is 0 Å². The minimum absolute atomic E-state index is 0.500. The third-order valence-corrected chi connectivity index (χ3v) is 1.60. The Hall–Kier alpha value is -1.30. The van der Waals surface area contributed by atoms with Crippen molar-refractivity contribution in [1.82, 2.24) is 10.6 Å². The zero-order valence-corrected chi connectivity index (χ0v) is 8.12. The highest BCUT2D eigenvalue weighted by Crippen LogP contribution is 1.84. The molecular weight excluding hydrogens is 188 g/mol. The predicted molar refractivity (Wildman–Crippen MR) is 50.0 cm³/mol. The second kappa shape index (κ2) is 7.14. The van der Waals surface area contributed by atoms with Crippen LogP contribution in [0.5, 0.6) is 0 Å². The van der Waals surface area contributed by atoms with E-state index < -0.39 is 24.6 Å². The highest BCUT2D eigenvalue weighted by molar-refractivity contribution is 5.82. The fourth-order valence-electron chi connectivity index (χ4n) is 0.773. The average Bonchev–Trinajstić information content (AvgIpc) is 2.14. The van der Waals surface area contributed by atoms with E-state index in [-0.39, 0.29) is 0 Å². The van der Waals surface area contributed by atoms with Gasteiger partial charge in [0.25, 0.3) is 0 Å². The van der Waals surface area contributed by atoms with Crippen LogP contribution in [0, 0.1) is 0 Å². The summed E-state index contributed by atoms with van der Waals surface area (Å²) in [6.45, 7) is 1.87. The first kappa shape index (κ1) is 12.7. The van der Waals surface area contributed by atoms with E-state index in [4.69, 9.17) is 10.2 Å². The summed E-state index contributed by atoms with van der Waals surface area (Å²) in [4.78, 5) is 21.4. The van der Waals surface area contributed by atoms with E-state index in [0.29, 0.717) is 6.54 Å². The Kier molecular flexibility index (Phi) is 6.47. The minimum atomic E-state index is -1.25. The van der Waals surface area contributed by atoms with Crippen LogP contribution >= 0.6 is 0 Å². The average molecular weight is 204 g/mol.